The van der Waals surface area contributed by atoms with E-state index in [0.29, 0.717) is 12.9 Å². The lowest BCUT2D eigenvalue weighted by Gasteiger charge is -2.28. The second-order valence-corrected chi connectivity index (χ2v) is 12.1. The summed E-state index contributed by atoms with van der Waals surface area (Å²) in [5.41, 5.74) is 7.87. The highest BCUT2D eigenvalue weighted by molar-refractivity contribution is 6.30. The van der Waals surface area contributed by atoms with Gasteiger partial charge in [0.05, 0.1) is 17.2 Å². The van der Waals surface area contributed by atoms with Crippen LogP contribution in [0.3, 0.4) is 0 Å². The van der Waals surface area contributed by atoms with Crippen molar-refractivity contribution in [3.05, 3.63) is 140 Å². The third-order valence-electron chi connectivity index (χ3n) is 8.13. The van der Waals surface area contributed by atoms with E-state index in [4.69, 9.17) is 30.5 Å². The number of benzene rings is 3. The van der Waals surface area contributed by atoms with E-state index in [9.17, 15) is 24.7 Å². The zero-order chi connectivity index (χ0) is 36.7. The molecule has 6 rings (SSSR count). The largest absolute Gasteiger partial charge is 0.466 e. The van der Waals surface area contributed by atoms with Crippen LogP contribution in [0.5, 0.6) is 0 Å². The Morgan fingerprint density at radius 3 is 2.60 bits per heavy atom. The molecule has 1 aliphatic rings. The summed E-state index contributed by atoms with van der Waals surface area (Å²) in [6.07, 6.45) is -4.67. The number of H-pyrrole nitrogens is 1. The Balaban J connectivity index is 1.27. The van der Waals surface area contributed by atoms with Crippen LogP contribution in [0.1, 0.15) is 32.6 Å². The molecule has 266 valence electrons. The molecule has 2 N–H and O–H groups in total. The molecule has 0 amide bonds. The molecule has 5 atom stereocenters. The second-order valence-electron chi connectivity index (χ2n) is 11.6. The number of fused-ring (bicyclic) bond motifs is 1. The number of aromatic nitrogens is 3. The predicted octanol–water partition coefficient (Wildman–Crippen LogP) is 5.53. The van der Waals surface area contributed by atoms with Gasteiger partial charge in [0.2, 0.25) is 5.72 Å². The first kappa shape index (κ1) is 35.6. The normalized spacial score (nSPS) is 20.0. The lowest BCUT2D eigenvalue weighted by molar-refractivity contribution is -0.129. The molecular formula is C35H29ClFN7O8. The molecule has 52 heavy (non-hydrogen) atoms. The number of aromatic amines is 1. The number of azide groups is 1. The first-order chi connectivity index (χ1) is 25.2. The summed E-state index contributed by atoms with van der Waals surface area (Å²) in [7, 11) is 0. The molecule has 0 spiro atoms. The van der Waals surface area contributed by atoms with Crippen molar-refractivity contribution in [1.29, 1.82) is 0 Å². The number of ether oxygens (including phenoxy) is 4. The molecule has 15 nitrogen and oxygen atoms in total. The van der Waals surface area contributed by atoms with Gasteiger partial charge in [0.1, 0.15) is 19.0 Å². The third-order valence-corrected chi connectivity index (χ3v) is 8.37. The minimum Gasteiger partial charge on any atom is -0.466 e. The standard InChI is InChI=1S/C35H29ClFN7O8/c36-24-11-6-10-23(15-24)32(46)50-19-35(42-43-38)30(51-33(47)21-7-2-1-3-8-21)29(37)31(52-35)44-14-13-28(41-34(44)48)40-26(18-49-20-45)17-25-16-22-9-4-5-12-27(22)39-25/h1-16,20,26,29-31,39H,17-19H2,(H,40,41,48)/t26-,29+,30?,31?,35-/m1/s1. The fourth-order valence-corrected chi connectivity index (χ4v) is 5.94. The summed E-state index contributed by atoms with van der Waals surface area (Å²) in [6.45, 7) is -0.688. The zero-order valence-electron chi connectivity index (χ0n) is 27.0. The van der Waals surface area contributed by atoms with Crippen molar-refractivity contribution in [1.82, 2.24) is 14.5 Å². The van der Waals surface area contributed by atoms with Crippen LogP contribution >= 0.6 is 11.6 Å². The van der Waals surface area contributed by atoms with Crippen LogP contribution < -0.4 is 11.0 Å². The van der Waals surface area contributed by atoms with Crippen LogP contribution in [0.25, 0.3) is 21.3 Å². The van der Waals surface area contributed by atoms with Crippen LogP contribution in [-0.4, -0.2) is 70.2 Å². The predicted molar refractivity (Wildman–Crippen MR) is 184 cm³/mol. The summed E-state index contributed by atoms with van der Waals surface area (Å²) in [4.78, 5) is 60.5. The van der Waals surface area contributed by atoms with E-state index >= 15 is 4.39 Å². The molecule has 1 aliphatic heterocycles. The minimum absolute atomic E-state index is 0.0256. The first-order valence-corrected chi connectivity index (χ1v) is 16.1. The fraction of sp³-hybridized carbons (Fsp3) is 0.229. The van der Waals surface area contributed by atoms with Gasteiger partial charge in [-0.3, -0.25) is 9.36 Å². The number of esters is 2. The average Bonchev–Trinajstić information content (AvgIpc) is 3.67. The number of halogens is 2. The molecule has 0 bridgehead atoms. The molecule has 1 saturated heterocycles. The van der Waals surface area contributed by atoms with Gasteiger partial charge in [0.15, 0.2) is 18.5 Å². The Morgan fingerprint density at radius 1 is 1.10 bits per heavy atom. The minimum atomic E-state index is -2.47. The van der Waals surface area contributed by atoms with Crippen molar-refractivity contribution in [3.8, 4) is 0 Å². The van der Waals surface area contributed by atoms with Crippen LogP contribution in [0.15, 0.2) is 107 Å². The van der Waals surface area contributed by atoms with E-state index in [1.54, 1.807) is 18.2 Å². The summed E-state index contributed by atoms with van der Waals surface area (Å²) in [6, 6.07) is 23.8. The van der Waals surface area contributed by atoms with Gasteiger partial charge < -0.3 is 29.2 Å². The van der Waals surface area contributed by atoms with Gasteiger partial charge >= 0.3 is 17.6 Å². The Bertz CT molecular complexity index is 2160. The Hall–Kier alpha value is -6.22. The maximum absolute atomic E-state index is 16.5. The van der Waals surface area contributed by atoms with Crippen LogP contribution in [0, 0.1) is 0 Å². The SMILES string of the molecule is [N-]=[N+]=N[C@]1(COC(=O)c2cccc(Cl)c2)OC(n2ccc(N[C@@H](COC=O)Cc3cc4ccccc4[nH]3)nc2=O)[C@@H](F)C1OC(=O)c1ccccc1. The van der Waals surface area contributed by atoms with Gasteiger partial charge in [-0.05, 0) is 59.4 Å². The van der Waals surface area contributed by atoms with Gasteiger partial charge in [-0.15, -0.1) is 0 Å². The number of hydrogen-bond acceptors (Lipinski definition) is 11. The van der Waals surface area contributed by atoms with Crippen molar-refractivity contribution in [2.45, 2.75) is 36.7 Å². The van der Waals surface area contributed by atoms with Crippen molar-refractivity contribution >= 4 is 46.7 Å². The van der Waals surface area contributed by atoms with Gasteiger partial charge in [-0.2, -0.15) is 4.98 Å². The highest BCUT2D eigenvalue weighted by Gasteiger charge is 2.60. The Labute approximate surface area is 298 Å². The molecule has 17 heteroatoms. The number of rotatable bonds is 14. The van der Waals surface area contributed by atoms with E-state index in [-0.39, 0.29) is 28.6 Å². The smallest absolute Gasteiger partial charge is 0.351 e. The lowest BCUT2D eigenvalue weighted by atomic mass is 10.1. The number of carbonyl (C=O) groups excluding carboxylic acids is 3. The summed E-state index contributed by atoms with van der Waals surface area (Å²) >= 11 is 6.00. The van der Waals surface area contributed by atoms with Gasteiger partial charge in [0, 0.05) is 33.8 Å². The topological polar surface area (TPSA) is 200 Å². The molecule has 3 heterocycles. The second kappa shape index (κ2) is 15.8. The van der Waals surface area contributed by atoms with Crippen molar-refractivity contribution in [2.75, 3.05) is 18.5 Å². The van der Waals surface area contributed by atoms with Gasteiger partial charge in [-0.1, -0.05) is 59.2 Å². The molecule has 1 fully saturated rings. The monoisotopic (exact) mass is 729 g/mol. The number of alkyl halides is 1. The lowest BCUT2D eigenvalue weighted by Crippen LogP contribution is -2.47. The highest BCUT2D eigenvalue weighted by Crippen LogP contribution is 2.42. The van der Waals surface area contributed by atoms with Crippen molar-refractivity contribution in [2.24, 2.45) is 5.11 Å². The molecule has 0 aliphatic carbocycles. The average molecular weight is 730 g/mol. The molecule has 0 radical (unpaired) electrons. The number of carbonyl (C=O) groups is 3. The van der Waals surface area contributed by atoms with E-state index < -0.39 is 54.5 Å². The van der Waals surface area contributed by atoms with E-state index in [1.165, 1.54) is 48.7 Å². The zero-order valence-corrected chi connectivity index (χ0v) is 27.8. The first-order valence-electron chi connectivity index (χ1n) is 15.7. The van der Waals surface area contributed by atoms with Crippen LogP contribution in [0.4, 0.5) is 10.2 Å². The summed E-state index contributed by atoms with van der Waals surface area (Å²) in [5, 5.41) is 7.88. The number of anilines is 1. The Kier molecular flexibility index (Phi) is 10.8. The number of para-hydroxylation sites is 1. The van der Waals surface area contributed by atoms with E-state index in [0.717, 1.165) is 21.2 Å². The fourth-order valence-electron chi connectivity index (χ4n) is 5.75. The molecule has 5 aromatic rings. The van der Waals surface area contributed by atoms with Crippen molar-refractivity contribution in [3.63, 3.8) is 0 Å². The summed E-state index contributed by atoms with van der Waals surface area (Å²) in [5.74, 6) is -1.87. The maximum Gasteiger partial charge on any atom is 0.351 e. The van der Waals surface area contributed by atoms with Gasteiger partial charge in [0.25, 0.3) is 6.47 Å². The molecule has 0 saturated carbocycles. The highest BCUT2D eigenvalue weighted by atomic mass is 35.5. The molecule has 2 unspecified atom stereocenters. The van der Waals surface area contributed by atoms with E-state index in [1.807, 2.05) is 30.3 Å². The summed E-state index contributed by atoms with van der Waals surface area (Å²) < 4.78 is 39.0. The molecule has 2 aromatic heterocycles. The number of nitrogens with zero attached hydrogens (tertiary/aromatic N) is 5. The molecule has 3 aromatic carbocycles. The third kappa shape index (κ3) is 7.89. The molecular weight excluding hydrogens is 701 g/mol. The van der Waals surface area contributed by atoms with Crippen LogP contribution in [-0.2, 0) is 30.2 Å². The number of hydrogen-bond donors (Lipinski definition) is 2. The van der Waals surface area contributed by atoms with Gasteiger partial charge in [-0.25, -0.2) is 18.8 Å². The van der Waals surface area contributed by atoms with Crippen LogP contribution in [0.2, 0.25) is 5.02 Å². The maximum atomic E-state index is 16.5. The number of nitrogens with one attached hydrogen (secondary N) is 2. The Morgan fingerprint density at radius 2 is 1.87 bits per heavy atom. The quantitative estimate of drug-likeness (QED) is 0.0366. The van der Waals surface area contributed by atoms with E-state index in [2.05, 4.69) is 25.3 Å². The van der Waals surface area contributed by atoms with Crippen molar-refractivity contribution < 1.29 is 37.7 Å².